The van der Waals surface area contributed by atoms with Crippen molar-refractivity contribution in [2.45, 2.75) is 12.5 Å². The summed E-state index contributed by atoms with van der Waals surface area (Å²) in [7, 11) is 0. The maximum atomic E-state index is 5.73. The third kappa shape index (κ3) is 3.65. The minimum Gasteiger partial charge on any atom is -0.331 e. The molecule has 1 aliphatic heterocycles. The molecule has 1 N–H and O–H groups in total. The van der Waals surface area contributed by atoms with Gasteiger partial charge in [-0.3, -0.25) is 4.98 Å². The van der Waals surface area contributed by atoms with Crippen LogP contribution in [0.5, 0.6) is 0 Å². The first-order valence-corrected chi connectivity index (χ1v) is 10.2. The molecule has 5 rings (SSSR count). The second kappa shape index (κ2) is 8.00. The van der Waals surface area contributed by atoms with Gasteiger partial charge in [-0.15, -0.1) is 0 Å². The average Bonchev–Trinajstić information content (AvgIpc) is 3.26. The van der Waals surface area contributed by atoms with Gasteiger partial charge in [0.2, 0.25) is 0 Å². The van der Waals surface area contributed by atoms with Gasteiger partial charge in [0.15, 0.2) is 5.11 Å². The highest BCUT2D eigenvalue weighted by atomic mass is 32.1. The molecule has 1 aliphatic rings. The Morgan fingerprint density at radius 1 is 0.867 bits per heavy atom. The molecular weight excluding hydrogens is 390 g/mol. The molecule has 0 unspecified atom stereocenters. The van der Waals surface area contributed by atoms with Gasteiger partial charge >= 0.3 is 0 Å². The fourth-order valence-electron chi connectivity index (χ4n) is 3.57. The summed E-state index contributed by atoms with van der Waals surface area (Å²) >= 11 is 5.73. The summed E-state index contributed by atoms with van der Waals surface area (Å²) in [5.74, 6) is 0. The van der Waals surface area contributed by atoms with Crippen LogP contribution >= 0.6 is 12.2 Å². The summed E-state index contributed by atoms with van der Waals surface area (Å²) in [6.45, 7) is 0. The Bertz CT molecular complexity index is 1220. The van der Waals surface area contributed by atoms with E-state index >= 15 is 0 Å². The van der Waals surface area contributed by atoms with Crippen LogP contribution in [0, 0.1) is 0 Å². The summed E-state index contributed by atoms with van der Waals surface area (Å²) < 4.78 is 0. The summed E-state index contributed by atoms with van der Waals surface area (Å²) in [5, 5.41) is 10.6. The zero-order valence-corrected chi connectivity index (χ0v) is 17.0. The number of hydrogen-bond acceptors (Lipinski definition) is 4. The quantitative estimate of drug-likeness (QED) is 0.473. The van der Waals surface area contributed by atoms with E-state index in [-0.39, 0.29) is 6.04 Å². The van der Waals surface area contributed by atoms with Crippen LogP contribution in [0.2, 0.25) is 0 Å². The smallest absolute Gasteiger partial charge is 0.194 e. The Hall–Kier alpha value is -3.64. The number of aromatic nitrogens is 2. The van der Waals surface area contributed by atoms with E-state index in [9.17, 15) is 0 Å². The second-order valence-corrected chi connectivity index (χ2v) is 7.44. The number of thiocarbonyl (C=S) groups is 1. The van der Waals surface area contributed by atoms with E-state index in [2.05, 4.69) is 22.4 Å². The minimum absolute atomic E-state index is 0.124. The third-order valence-corrected chi connectivity index (χ3v) is 5.35. The first-order valence-electron chi connectivity index (χ1n) is 9.78. The molecule has 30 heavy (non-hydrogen) atoms. The first kappa shape index (κ1) is 18.4. The highest BCUT2D eigenvalue weighted by Gasteiger charge is 2.32. The maximum absolute atomic E-state index is 5.73. The summed E-state index contributed by atoms with van der Waals surface area (Å²) in [4.78, 5) is 9.46. The number of hydrogen-bond donors (Lipinski definition) is 1. The van der Waals surface area contributed by atoms with Crippen molar-refractivity contribution in [3.8, 4) is 0 Å². The molecule has 0 fully saturated rings. The lowest BCUT2D eigenvalue weighted by atomic mass is 10.0. The third-order valence-electron chi connectivity index (χ3n) is 5.06. The van der Waals surface area contributed by atoms with E-state index in [0.29, 0.717) is 11.5 Å². The number of nitrogens with one attached hydrogen (secondary N) is 1. The van der Waals surface area contributed by atoms with Crippen molar-refractivity contribution in [1.82, 2.24) is 15.0 Å². The predicted octanol–water partition coefficient (Wildman–Crippen LogP) is 5.18. The van der Waals surface area contributed by atoms with E-state index in [0.717, 1.165) is 33.7 Å². The second-order valence-electron chi connectivity index (χ2n) is 7.06. The molecule has 0 amide bonds. The van der Waals surface area contributed by atoms with Gasteiger partial charge < -0.3 is 5.32 Å². The van der Waals surface area contributed by atoms with Crippen molar-refractivity contribution in [3.63, 3.8) is 0 Å². The molecule has 1 atom stereocenters. The van der Waals surface area contributed by atoms with Crippen molar-refractivity contribution in [2.75, 3.05) is 5.32 Å². The Balaban J connectivity index is 1.51. The van der Waals surface area contributed by atoms with Crippen LogP contribution in [-0.2, 0) is 0 Å². The molecule has 5 nitrogen and oxygen atoms in total. The molecule has 4 aromatic rings. The fourth-order valence-corrected chi connectivity index (χ4v) is 3.85. The predicted molar refractivity (Wildman–Crippen MR) is 124 cm³/mol. The van der Waals surface area contributed by atoms with Crippen molar-refractivity contribution >= 4 is 39.8 Å². The Labute approximate surface area is 180 Å². The van der Waals surface area contributed by atoms with E-state index in [1.165, 1.54) is 0 Å². The largest absolute Gasteiger partial charge is 0.331 e. The molecule has 0 spiro atoms. The van der Waals surface area contributed by atoms with Crippen molar-refractivity contribution in [2.24, 2.45) is 5.10 Å². The Morgan fingerprint density at radius 3 is 2.30 bits per heavy atom. The van der Waals surface area contributed by atoms with E-state index in [4.69, 9.17) is 22.3 Å². The van der Waals surface area contributed by atoms with Crippen LogP contribution in [0.3, 0.4) is 0 Å². The van der Waals surface area contributed by atoms with Gasteiger partial charge in [-0.1, -0.05) is 60.7 Å². The summed E-state index contributed by atoms with van der Waals surface area (Å²) in [6, 6.07) is 27.8. The average molecular weight is 410 g/mol. The molecule has 0 aliphatic carbocycles. The van der Waals surface area contributed by atoms with Gasteiger partial charge in [0.05, 0.1) is 28.6 Å². The van der Waals surface area contributed by atoms with E-state index < -0.39 is 0 Å². The molecule has 2 heterocycles. The number of fused-ring (bicyclic) bond motifs is 1. The van der Waals surface area contributed by atoms with Crippen LogP contribution in [0.15, 0.2) is 96.2 Å². The van der Waals surface area contributed by atoms with Gasteiger partial charge in [0, 0.05) is 12.1 Å². The summed E-state index contributed by atoms with van der Waals surface area (Å²) in [5.41, 5.74) is 5.58. The van der Waals surface area contributed by atoms with Crippen LogP contribution in [-0.4, -0.2) is 25.8 Å². The fraction of sp³-hybridized carbons (Fsp3) is 0.0833. The minimum atomic E-state index is -0.124. The maximum Gasteiger partial charge on any atom is 0.194 e. The molecule has 3 aromatic carbocycles. The number of anilines is 1. The number of benzene rings is 3. The van der Waals surface area contributed by atoms with Crippen molar-refractivity contribution in [1.29, 1.82) is 0 Å². The zero-order chi connectivity index (χ0) is 20.3. The van der Waals surface area contributed by atoms with E-state index in [1.54, 1.807) is 0 Å². The molecule has 0 radical (unpaired) electrons. The highest BCUT2D eigenvalue weighted by Crippen LogP contribution is 2.32. The SMILES string of the molecule is S=C(Nc1ccccc1)N1N=C(c2ccccc2)C[C@@H]1c1cnc2ccccc2n1. The molecule has 0 bridgehead atoms. The van der Waals surface area contributed by atoms with E-state index in [1.807, 2.05) is 84.0 Å². The molecular formula is C24H19N5S. The lowest BCUT2D eigenvalue weighted by molar-refractivity contribution is 0.368. The van der Waals surface area contributed by atoms with Gasteiger partial charge in [-0.25, -0.2) is 9.99 Å². The lowest BCUT2D eigenvalue weighted by Gasteiger charge is -2.24. The zero-order valence-electron chi connectivity index (χ0n) is 16.1. The van der Waals surface area contributed by atoms with Gasteiger partial charge in [-0.2, -0.15) is 5.10 Å². The Kier molecular flexibility index (Phi) is 4.91. The molecule has 146 valence electrons. The van der Waals surface area contributed by atoms with Crippen LogP contribution in [0.1, 0.15) is 23.7 Å². The molecule has 0 saturated carbocycles. The molecule has 1 aromatic heterocycles. The van der Waals surface area contributed by atoms with Crippen molar-refractivity contribution < 1.29 is 0 Å². The lowest BCUT2D eigenvalue weighted by Crippen LogP contribution is -2.31. The molecule has 6 heteroatoms. The van der Waals surface area contributed by atoms with Crippen LogP contribution in [0.25, 0.3) is 11.0 Å². The number of nitrogens with zero attached hydrogens (tertiary/aromatic N) is 4. The standard InChI is InChI=1S/C24H19N5S/c30-24(26-18-11-5-2-6-12-18)29-23(15-21(28-29)17-9-3-1-4-10-17)22-16-25-19-13-7-8-14-20(19)27-22/h1-14,16,23H,15H2,(H,26,30)/t23-/m1/s1. The van der Waals surface area contributed by atoms with Crippen LogP contribution < -0.4 is 5.32 Å². The Morgan fingerprint density at radius 2 is 1.53 bits per heavy atom. The highest BCUT2D eigenvalue weighted by molar-refractivity contribution is 7.80. The van der Waals surface area contributed by atoms with Gasteiger partial charge in [0.25, 0.3) is 0 Å². The first-order chi connectivity index (χ1) is 14.8. The normalized spacial score (nSPS) is 15.8. The van der Waals surface area contributed by atoms with Crippen LogP contribution in [0.4, 0.5) is 5.69 Å². The monoisotopic (exact) mass is 409 g/mol. The summed E-state index contributed by atoms with van der Waals surface area (Å²) in [6.07, 6.45) is 2.53. The number of para-hydroxylation sites is 3. The topological polar surface area (TPSA) is 53.4 Å². The van der Waals surface area contributed by atoms with Gasteiger partial charge in [-0.05, 0) is 42.0 Å². The van der Waals surface area contributed by atoms with Crippen molar-refractivity contribution in [3.05, 3.63) is 102 Å². The number of rotatable bonds is 3. The van der Waals surface area contributed by atoms with Gasteiger partial charge in [0.1, 0.15) is 6.04 Å². The number of hydrazone groups is 1. The molecule has 0 saturated heterocycles.